The summed E-state index contributed by atoms with van der Waals surface area (Å²) in [6.07, 6.45) is 1.98. The highest BCUT2D eigenvalue weighted by molar-refractivity contribution is 7.80. The predicted octanol–water partition coefficient (Wildman–Crippen LogP) is 5.44. The van der Waals surface area contributed by atoms with E-state index in [4.69, 9.17) is 21.4 Å². The number of amides is 1. The average Bonchev–Trinajstić information content (AvgIpc) is 3.58. The van der Waals surface area contributed by atoms with E-state index >= 15 is 0 Å². The standard InChI is InChI=1S/C30H28N4O4S/c1-19-7-3-4-8-22(19)32-26(35)16-18-34-28(27(33-30(34)39)23-9-5-6-17-31-23)25-15-14-24(38-25)20-10-12-21(13-11-20)29(36)37-2/h3-15,17,27-28H,16,18H2,1-2H3,(H,32,35)(H,33,39). The van der Waals surface area contributed by atoms with Crippen LogP contribution in [0.5, 0.6) is 0 Å². The predicted molar refractivity (Wildman–Crippen MR) is 152 cm³/mol. The lowest BCUT2D eigenvalue weighted by atomic mass is 10.0. The van der Waals surface area contributed by atoms with Crippen LogP contribution in [0.1, 0.15) is 45.9 Å². The summed E-state index contributed by atoms with van der Waals surface area (Å²) in [6, 6.07) is 23.7. The van der Waals surface area contributed by atoms with Gasteiger partial charge in [-0.15, -0.1) is 0 Å². The second-order valence-electron chi connectivity index (χ2n) is 9.20. The van der Waals surface area contributed by atoms with Crippen LogP contribution in [0.25, 0.3) is 11.3 Å². The number of hydrogen-bond acceptors (Lipinski definition) is 6. The molecule has 9 heteroatoms. The second kappa shape index (κ2) is 11.5. The molecule has 0 bridgehead atoms. The Labute approximate surface area is 232 Å². The number of methoxy groups -OCH3 is 1. The Bertz CT molecular complexity index is 1490. The Hall–Kier alpha value is -4.50. The van der Waals surface area contributed by atoms with Crippen LogP contribution in [0, 0.1) is 6.92 Å². The zero-order chi connectivity index (χ0) is 27.4. The van der Waals surface area contributed by atoms with Crippen LogP contribution >= 0.6 is 12.2 Å². The van der Waals surface area contributed by atoms with E-state index in [-0.39, 0.29) is 24.4 Å². The number of para-hydroxylation sites is 1. The van der Waals surface area contributed by atoms with Gasteiger partial charge in [0, 0.05) is 30.4 Å². The number of thiocarbonyl (C=S) groups is 1. The molecular formula is C30H28N4O4S. The van der Waals surface area contributed by atoms with Crippen molar-refractivity contribution in [2.45, 2.75) is 25.4 Å². The molecule has 2 atom stereocenters. The molecule has 2 unspecified atom stereocenters. The van der Waals surface area contributed by atoms with E-state index < -0.39 is 5.97 Å². The van der Waals surface area contributed by atoms with Gasteiger partial charge < -0.3 is 24.7 Å². The summed E-state index contributed by atoms with van der Waals surface area (Å²) in [5, 5.41) is 6.90. The van der Waals surface area contributed by atoms with Gasteiger partial charge in [0.1, 0.15) is 17.6 Å². The normalized spacial score (nSPS) is 16.6. The Morgan fingerprint density at radius 1 is 1.05 bits per heavy atom. The summed E-state index contributed by atoms with van der Waals surface area (Å²) < 4.78 is 11.1. The number of furan rings is 1. The monoisotopic (exact) mass is 540 g/mol. The molecule has 1 fully saturated rings. The molecule has 0 aliphatic carbocycles. The molecule has 198 valence electrons. The number of aryl methyl sites for hydroxylation is 1. The van der Waals surface area contributed by atoms with Crippen molar-refractivity contribution in [3.8, 4) is 11.3 Å². The van der Waals surface area contributed by atoms with E-state index in [9.17, 15) is 9.59 Å². The number of anilines is 1. The number of carbonyl (C=O) groups excluding carboxylic acids is 2. The van der Waals surface area contributed by atoms with Crippen molar-refractivity contribution in [2.75, 3.05) is 19.0 Å². The van der Waals surface area contributed by atoms with E-state index in [1.165, 1.54) is 7.11 Å². The van der Waals surface area contributed by atoms with Crippen molar-refractivity contribution in [3.63, 3.8) is 0 Å². The zero-order valence-corrected chi connectivity index (χ0v) is 22.4. The van der Waals surface area contributed by atoms with Crippen molar-refractivity contribution in [2.24, 2.45) is 0 Å². The molecule has 8 nitrogen and oxygen atoms in total. The highest BCUT2D eigenvalue weighted by Crippen LogP contribution is 2.40. The molecular weight excluding hydrogens is 512 g/mol. The van der Waals surface area contributed by atoms with Gasteiger partial charge >= 0.3 is 5.97 Å². The third-order valence-electron chi connectivity index (χ3n) is 6.71. The van der Waals surface area contributed by atoms with Crippen molar-refractivity contribution < 1.29 is 18.7 Å². The lowest BCUT2D eigenvalue weighted by Crippen LogP contribution is -2.32. The number of hydrogen-bond donors (Lipinski definition) is 2. The molecule has 3 heterocycles. The number of pyridine rings is 1. The van der Waals surface area contributed by atoms with E-state index in [1.54, 1.807) is 18.3 Å². The summed E-state index contributed by atoms with van der Waals surface area (Å²) in [7, 11) is 1.35. The molecule has 0 spiro atoms. The van der Waals surface area contributed by atoms with Gasteiger partial charge in [-0.25, -0.2) is 4.79 Å². The number of benzene rings is 2. The number of carbonyl (C=O) groups is 2. The van der Waals surface area contributed by atoms with Crippen molar-refractivity contribution >= 4 is 34.9 Å². The lowest BCUT2D eigenvalue weighted by Gasteiger charge is -2.26. The van der Waals surface area contributed by atoms with Crippen LogP contribution in [-0.2, 0) is 9.53 Å². The molecule has 1 saturated heterocycles. The second-order valence-corrected chi connectivity index (χ2v) is 9.59. The minimum Gasteiger partial charge on any atom is -0.465 e. The first-order valence-electron chi connectivity index (χ1n) is 12.6. The number of ether oxygens (including phenoxy) is 1. The fraction of sp³-hybridized carbons (Fsp3) is 0.200. The highest BCUT2D eigenvalue weighted by atomic mass is 32.1. The first-order valence-corrected chi connectivity index (χ1v) is 13.0. The number of esters is 1. The molecule has 2 aromatic carbocycles. The minimum atomic E-state index is -0.396. The summed E-state index contributed by atoms with van der Waals surface area (Å²) in [5.41, 5.74) is 3.89. The topological polar surface area (TPSA) is 96.7 Å². The molecule has 5 rings (SSSR count). The number of nitrogens with one attached hydrogen (secondary N) is 2. The zero-order valence-electron chi connectivity index (χ0n) is 21.6. The number of aromatic nitrogens is 1. The summed E-state index contributed by atoms with van der Waals surface area (Å²) >= 11 is 5.72. The molecule has 2 N–H and O–H groups in total. The molecule has 0 saturated carbocycles. The molecule has 1 amide bonds. The van der Waals surface area contributed by atoms with E-state index in [0.29, 0.717) is 28.7 Å². The summed E-state index contributed by atoms with van der Waals surface area (Å²) in [5.74, 6) is 0.839. The molecule has 1 aliphatic rings. The molecule has 2 aromatic heterocycles. The largest absolute Gasteiger partial charge is 0.465 e. The smallest absolute Gasteiger partial charge is 0.337 e. The number of rotatable bonds is 8. The maximum absolute atomic E-state index is 12.8. The van der Waals surface area contributed by atoms with Gasteiger partial charge in [-0.05, 0) is 67.2 Å². The quantitative estimate of drug-likeness (QED) is 0.225. The summed E-state index contributed by atoms with van der Waals surface area (Å²) in [6.45, 7) is 2.35. The van der Waals surface area contributed by atoms with E-state index in [0.717, 1.165) is 22.5 Å². The van der Waals surface area contributed by atoms with Gasteiger partial charge in [0.2, 0.25) is 5.91 Å². The Balaban J connectivity index is 1.39. The van der Waals surface area contributed by atoms with Crippen LogP contribution in [0.15, 0.2) is 89.5 Å². The average molecular weight is 541 g/mol. The van der Waals surface area contributed by atoms with Crippen LogP contribution in [0.3, 0.4) is 0 Å². The van der Waals surface area contributed by atoms with Gasteiger partial charge in [-0.2, -0.15) is 0 Å². The first kappa shape index (κ1) is 26.1. The molecule has 4 aromatic rings. The van der Waals surface area contributed by atoms with Crippen molar-refractivity contribution in [3.05, 3.63) is 108 Å². The van der Waals surface area contributed by atoms with Crippen LogP contribution < -0.4 is 10.6 Å². The van der Waals surface area contributed by atoms with Crippen molar-refractivity contribution in [1.29, 1.82) is 0 Å². The maximum atomic E-state index is 12.8. The third kappa shape index (κ3) is 5.68. The Kier molecular flexibility index (Phi) is 7.69. The Morgan fingerprint density at radius 3 is 2.54 bits per heavy atom. The Morgan fingerprint density at radius 2 is 1.82 bits per heavy atom. The third-order valence-corrected chi connectivity index (χ3v) is 7.06. The van der Waals surface area contributed by atoms with Gasteiger partial charge in [-0.1, -0.05) is 36.4 Å². The SMILES string of the molecule is COC(=O)c1ccc(-c2ccc(C3C(c4ccccn4)NC(=S)N3CCC(=O)Nc3ccccc3C)o2)cc1. The molecule has 1 aliphatic heterocycles. The van der Waals surface area contributed by atoms with Gasteiger partial charge in [0.25, 0.3) is 0 Å². The highest BCUT2D eigenvalue weighted by Gasteiger charge is 2.41. The lowest BCUT2D eigenvalue weighted by molar-refractivity contribution is -0.116. The number of nitrogens with zero attached hydrogens (tertiary/aromatic N) is 2. The summed E-state index contributed by atoms with van der Waals surface area (Å²) in [4.78, 5) is 31.2. The van der Waals surface area contributed by atoms with Crippen LogP contribution in [0.2, 0.25) is 0 Å². The van der Waals surface area contributed by atoms with Crippen molar-refractivity contribution in [1.82, 2.24) is 15.2 Å². The van der Waals surface area contributed by atoms with Gasteiger partial charge in [0.15, 0.2) is 5.11 Å². The fourth-order valence-corrected chi connectivity index (χ4v) is 4.99. The van der Waals surface area contributed by atoms with Gasteiger partial charge in [0.05, 0.1) is 24.4 Å². The van der Waals surface area contributed by atoms with Crippen LogP contribution in [-0.4, -0.2) is 40.5 Å². The van der Waals surface area contributed by atoms with E-state index in [1.807, 2.05) is 78.6 Å². The molecule has 39 heavy (non-hydrogen) atoms. The van der Waals surface area contributed by atoms with Crippen LogP contribution in [0.4, 0.5) is 5.69 Å². The maximum Gasteiger partial charge on any atom is 0.337 e. The fourth-order valence-electron chi connectivity index (χ4n) is 4.66. The first-order chi connectivity index (χ1) is 18.9. The molecule has 0 radical (unpaired) electrons. The minimum absolute atomic E-state index is 0.0991. The van der Waals surface area contributed by atoms with Gasteiger partial charge in [-0.3, -0.25) is 9.78 Å². The van der Waals surface area contributed by atoms with E-state index in [2.05, 4.69) is 15.6 Å².